The van der Waals surface area contributed by atoms with Crippen molar-refractivity contribution in [2.45, 2.75) is 104 Å². The first-order valence-corrected chi connectivity index (χ1v) is 15.8. The number of nitrogens with two attached hydrogens (primary N) is 1. The van der Waals surface area contributed by atoms with Gasteiger partial charge in [-0.15, -0.1) is 34.0 Å². The molecule has 0 aliphatic heterocycles. The van der Waals surface area contributed by atoms with E-state index in [-0.39, 0.29) is 11.8 Å². The zero-order valence-corrected chi connectivity index (χ0v) is 25.3. The number of aliphatic carboxylic acids is 1. The molecule has 0 amide bonds. The smallest absolute Gasteiger partial charge is 0.303 e. The second-order valence-electron chi connectivity index (χ2n) is 11.1. The summed E-state index contributed by atoms with van der Waals surface area (Å²) in [5, 5.41) is 9.26. The highest BCUT2D eigenvalue weighted by Gasteiger charge is 2.24. The van der Waals surface area contributed by atoms with Crippen molar-refractivity contribution in [1.82, 2.24) is 0 Å². The molecule has 198 valence electrons. The van der Waals surface area contributed by atoms with Crippen molar-refractivity contribution in [1.29, 1.82) is 0 Å². The maximum absolute atomic E-state index is 11.3. The van der Waals surface area contributed by atoms with Gasteiger partial charge >= 0.3 is 5.97 Å². The van der Waals surface area contributed by atoms with Gasteiger partial charge in [0, 0.05) is 35.7 Å². The molecule has 3 aromatic heterocycles. The molecule has 0 aromatic carbocycles. The lowest BCUT2D eigenvalue weighted by Crippen LogP contribution is -2.11. The van der Waals surface area contributed by atoms with E-state index in [1.165, 1.54) is 78.1 Å². The first-order valence-electron chi connectivity index (χ1n) is 13.4. The standard InChI is InChI=1S/C30H43NO2S3/c1-7-8-9-10-11-20-17-25(35-27(20)19(2)3)28-21(14-15-31)16-23(34-28)24-18-22(12-13-26(32)33)29(36-24)30(4,5)6/h16-19H,7-15,31H2,1-6H3,(H,32,33). The van der Waals surface area contributed by atoms with Crippen LogP contribution in [0.15, 0.2) is 18.2 Å². The van der Waals surface area contributed by atoms with Gasteiger partial charge in [0.1, 0.15) is 0 Å². The zero-order valence-electron chi connectivity index (χ0n) is 22.8. The largest absolute Gasteiger partial charge is 0.481 e. The molecule has 6 heteroatoms. The molecule has 3 nitrogen and oxygen atoms in total. The Hall–Kier alpha value is -1.47. The Kier molecular flexibility index (Phi) is 10.4. The van der Waals surface area contributed by atoms with Gasteiger partial charge in [-0.1, -0.05) is 60.8 Å². The van der Waals surface area contributed by atoms with E-state index in [2.05, 4.69) is 59.7 Å². The summed E-state index contributed by atoms with van der Waals surface area (Å²) in [4.78, 5) is 19.3. The van der Waals surface area contributed by atoms with Crippen LogP contribution >= 0.6 is 34.0 Å². The molecule has 36 heavy (non-hydrogen) atoms. The number of hydrogen-bond acceptors (Lipinski definition) is 5. The number of aryl methyl sites for hydroxylation is 2. The van der Waals surface area contributed by atoms with Crippen molar-refractivity contribution in [3.05, 3.63) is 44.6 Å². The number of carboxylic acid groups (broad SMARTS) is 1. The minimum absolute atomic E-state index is 0.0104. The molecule has 0 fully saturated rings. The van der Waals surface area contributed by atoms with Gasteiger partial charge in [0.15, 0.2) is 0 Å². The van der Waals surface area contributed by atoms with Crippen molar-refractivity contribution in [3.63, 3.8) is 0 Å². The number of thiophene rings is 3. The second-order valence-corrected chi connectivity index (χ2v) is 14.3. The Morgan fingerprint density at radius 1 is 0.889 bits per heavy atom. The maximum Gasteiger partial charge on any atom is 0.303 e. The van der Waals surface area contributed by atoms with Crippen LogP contribution in [0.1, 0.15) is 106 Å². The summed E-state index contributed by atoms with van der Waals surface area (Å²) in [5.41, 5.74) is 10.1. The van der Waals surface area contributed by atoms with Crippen LogP contribution in [0.3, 0.4) is 0 Å². The van der Waals surface area contributed by atoms with Gasteiger partial charge in [0.05, 0.1) is 0 Å². The molecular formula is C30H43NO2S3. The lowest BCUT2D eigenvalue weighted by atomic mass is 9.90. The van der Waals surface area contributed by atoms with E-state index in [0.717, 1.165) is 6.42 Å². The van der Waals surface area contributed by atoms with Gasteiger partial charge in [0.2, 0.25) is 0 Å². The summed E-state index contributed by atoms with van der Waals surface area (Å²) < 4.78 is 0. The molecule has 3 aromatic rings. The zero-order chi connectivity index (χ0) is 26.5. The molecule has 0 saturated carbocycles. The Balaban J connectivity index is 2.00. The van der Waals surface area contributed by atoms with E-state index in [1.807, 2.05) is 34.0 Å². The van der Waals surface area contributed by atoms with Gasteiger partial charge in [0.25, 0.3) is 0 Å². The number of unbranched alkanes of at least 4 members (excludes halogenated alkanes) is 3. The van der Waals surface area contributed by atoms with Crippen molar-refractivity contribution < 1.29 is 9.90 Å². The summed E-state index contributed by atoms with van der Waals surface area (Å²) in [6, 6.07) is 7.03. The predicted octanol–water partition coefficient (Wildman–Crippen LogP) is 9.27. The Labute approximate surface area is 229 Å². The predicted molar refractivity (Wildman–Crippen MR) is 160 cm³/mol. The molecule has 0 spiro atoms. The normalized spacial score (nSPS) is 12.1. The molecular weight excluding hydrogens is 503 g/mol. The summed E-state index contributed by atoms with van der Waals surface area (Å²) in [6.45, 7) is 14.2. The maximum atomic E-state index is 11.3. The molecule has 0 radical (unpaired) electrons. The lowest BCUT2D eigenvalue weighted by molar-refractivity contribution is -0.136. The van der Waals surface area contributed by atoms with Crippen LogP contribution in [-0.4, -0.2) is 17.6 Å². The molecule has 3 heterocycles. The highest BCUT2D eigenvalue weighted by molar-refractivity contribution is 7.26. The lowest BCUT2D eigenvalue weighted by Gasteiger charge is -2.18. The molecule has 0 atom stereocenters. The van der Waals surface area contributed by atoms with Crippen molar-refractivity contribution in [2.24, 2.45) is 5.73 Å². The Morgan fingerprint density at radius 2 is 1.56 bits per heavy atom. The number of hydrogen-bond donors (Lipinski definition) is 2. The number of rotatable bonds is 13. The fourth-order valence-corrected chi connectivity index (χ4v) is 8.59. The minimum Gasteiger partial charge on any atom is -0.481 e. The number of carbonyl (C=O) groups is 1. The molecule has 3 N–H and O–H groups in total. The monoisotopic (exact) mass is 545 g/mol. The van der Waals surface area contributed by atoms with Crippen LogP contribution < -0.4 is 5.73 Å². The highest BCUT2D eigenvalue weighted by atomic mass is 32.1. The van der Waals surface area contributed by atoms with Gasteiger partial charge in [-0.3, -0.25) is 4.79 Å². The highest BCUT2D eigenvalue weighted by Crippen LogP contribution is 2.47. The Bertz CT molecular complexity index is 1140. The van der Waals surface area contributed by atoms with Gasteiger partial charge in [-0.25, -0.2) is 0 Å². The molecule has 0 saturated heterocycles. The third-order valence-corrected chi connectivity index (χ3v) is 11.1. The van der Waals surface area contributed by atoms with E-state index < -0.39 is 5.97 Å². The first-order chi connectivity index (χ1) is 17.0. The molecule has 0 unspecified atom stereocenters. The molecule has 0 bridgehead atoms. The third kappa shape index (κ3) is 7.31. The summed E-state index contributed by atoms with van der Waals surface area (Å²) in [7, 11) is 0. The molecule has 0 aliphatic carbocycles. The fraction of sp³-hybridized carbons (Fsp3) is 0.567. The van der Waals surface area contributed by atoms with Crippen LogP contribution in [0.4, 0.5) is 0 Å². The fourth-order valence-electron chi connectivity index (χ4n) is 4.69. The molecule has 3 rings (SSSR count). The topological polar surface area (TPSA) is 63.3 Å². The van der Waals surface area contributed by atoms with E-state index >= 15 is 0 Å². The average molecular weight is 546 g/mol. The number of carboxylic acids is 1. The SMILES string of the molecule is CCCCCCc1cc(-c2sc(-c3cc(CCC(=O)O)c(C(C)(C)C)s3)cc2CCN)sc1C(C)C. The van der Waals surface area contributed by atoms with Gasteiger partial charge in [-0.05, 0) is 78.5 Å². The van der Waals surface area contributed by atoms with Crippen molar-refractivity contribution in [2.75, 3.05) is 6.54 Å². The summed E-state index contributed by atoms with van der Waals surface area (Å²) in [6.07, 6.45) is 7.94. The quantitative estimate of drug-likeness (QED) is 0.210. The minimum atomic E-state index is -0.740. The van der Waals surface area contributed by atoms with Crippen LogP contribution in [0.5, 0.6) is 0 Å². The third-order valence-electron chi connectivity index (χ3n) is 6.45. The van der Waals surface area contributed by atoms with E-state index in [1.54, 1.807) is 0 Å². The van der Waals surface area contributed by atoms with Crippen molar-refractivity contribution >= 4 is 40.0 Å². The second kappa shape index (κ2) is 12.9. The van der Waals surface area contributed by atoms with E-state index in [9.17, 15) is 9.90 Å². The first kappa shape index (κ1) is 29.1. The molecule has 0 aliphatic rings. The van der Waals surface area contributed by atoms with Crippen LogP contribution in [0.2, 0.25) is 0 Å². The van der Waals surface area contributed by atoms with Crippen LogP contribution in [0.25, 0.3) is 19.5 Å². The Morgan fingerprint density at radius 3 is 2.17 bits per heavy atom. The van der Waals surface area contributed by atoms with Crippen LogP contribution in [-0.2, 0) is 29.5 Å². The van der Waals surface area contributed by atoms with Gasteiger partial charge in [-0.2, -0.15) is 0 Å². The van der Waals surface area contributed by atoms with Crippen molar-refractivity contribution in [3.8, 4) is 19.5 Å². The van der Waals surface area contributed by atoms with E-state index in [4.69, 9.17) is 5.73 Å². The van der Waals surface area contributed by atoms with Crippen LogP contribution in [0, 0.1) is 0 Å². The van der Waals surface area contributed by atoms with E-state index in [0.29, 0.717) is 18.9 Å². The summed E-state index contributed by atoms with van der Waals surface area (Å²) >= 11 is 5.67. The summed E-state index contributed by atoms with van der Waals surface area (Å²) in [5.74, 6) is -0.207. The average Bonchev–Trinajstić information content (AvgIpc) is 3.51. The van der Waals surface area contributed by atoms with Gasteiger partial charge < -0.3 is 10.8 Å².